The number of nitrogens with zero attached hydrogens (tertiary/aromatic N) is 18. The van der Waals surface area contributed by atoms with Crippen molar-refractivity contribution in [2.45, 2.75) is 136 Å². The largest absolute Gasteiger partial charge is 0.355 e. The van der Waals surface area contributed by atoms with Gasteiger partial charge in [-0.15, -0.1) is 0 Å². The number of fused-ring (bicyclic) bond motifs is 4. The van der Waals surface area contributed by atoms with E-state index >= 15 is 0 Å². The number of rotatable bonds is 17. The first-order chi connectivity index (χ1) is 46.8. The first-order valence-electron chi connectivity index (χ1n) is 36.2. The van der Waals surface area contributed by atoms with Gasteiger partial charge in [-0.2, -0.15) is 0 Å². The molecular weight excluding hydrogens is 1190 g/mol. The van der Waals surface area contributed by atoms with Gasteiger partial charge in [-0.05, 0) is 192 Å². The second-order valence-corrected chi connectivity index (χ2v) is 29.6. The standard InChI is InChI=1S/C78H98N18/c1-53(2)62-14-10-26-79-75(62)66-15-11-29-91(66)49-61-52-96-70(83-61)23-22-65(78(96)90-38-34-86(8)35-39-90)64-25-28-81-77(74(64)54(3)4)68-17-13-31-93(68)48-60-51-95-71(84-60)45-58(46-73(95)89-42-40-87(41-43-89)55(5)6)56-20-21-63-57(44-56)24-27-80-76(63)67-16-12-30-92(67)47-59-50-94-69(82-59)18-9-19-72(94)88-36-32-85(7)33-37-88/h9-10,14,18-28,44-46,50-55,66-68H,11-13,15-17,29-43,47-49H2,1-8H3. The summed E-state index contributed by atoms with van der Waals surface area (Å²) in [5.74, 6) is 4.35. The van der Waals surface area contributed by atoms with E-state index in [0.29, 0.717) is 18.0 Å². The van der Waals surface area contributed by atoms with Crippen molar-refractivity contribution >= 4 is 45.2 Å². The van der Waals surface area contributed by atoms with E-state index in [4.69, 9.17) is 29.9 Å². The van der Waals surface area contributed by atoms with Crippen molar-refractivity contribution in [3.8, 4) is 22.3 Å². The maximum absolute atomic E-state index is 5.60. The van der Waals surface area contributed by atoms with E-state index in [2.05, 4.69) is 223 Å². The fraction of sp³-hybridized carbons (Fsp3) is 0.487. The van der Waals surface area contributed by atoms with Gasteiger partial charge in [0.05, 0.1) is 52.3 Å². The van der Waals surface area contributed by atoms with Gasteiger partial charge in [0, 0.05) is 152 Å². The lowest BCUT2D eigenvalue weighted by Gasteiger charge is -2.38. The molecule has 0 bridgehead atoms. The predicted octanol–water partition coefficient (Wildman–Crippen LogP) is 12.6. The van der Waals surface area contributed by atoms with Crippen LogP contribution in [0.1, 0.15) is 155 Å². The highest BCUT2D eigenvalue weighted by Gasteiger charge is 2.36. The molecule has 18 nitrogen and oxygen atoms in total. The number of hydrogen-bond acceptors (Lipinski definition) is 15. The fourth-order valence-corrected chi connectivity index (χ4v) is 17.3. The first kappa shape index (κ1) is 62.9. The third-order valence-electron chi connectivity index (χ3n) is 22.4. The van der Waals surface area contributed by atoms with Gasteiger partial charge in [-0.3, -0.25) is 47.8 Å². The maximum atomic E-state index is 5.60. The third kappa shape index (κ3) is 12.1. The average Bonchev–Trinajstić information content (AvgIpc) is 1.35. The summed E-state index contributed by atoms with van der Waals surface area (Å²) in [6.07, 6.45) is 19.8. The van der Waals surface area contributed by atoms with E-state index in [0.717, 1.165) is 184 Å². The van der Waals surface area contributed by atoms with Gasteiger partial charge in [0.1, 0.15) is 34.4 Å². The number of piperazine rings is 3. The molecule has 0 radical (unpaired) electrons. The number of aromatic nitrogens is 9. The van der Waals surface area contributed by atoms with E-state index in [-0.39, 0.29) is 18.0 Å². The van der Waals surface area contributed by atoms with Crippen molar-refractivity contribution in [1.29, 1.82) is 0 Å². The zero-order chi connectivity index (χ0) is 65.3. The van der Waals surface area contributed by atoms with Gasteiger partial charge in [0.15, 0.2) is 0 Å². The summed E-state index contributed by atoms with van der Waals surface area (Å²) in [5.41, 5.74) is 17.6. The van der Waals surface area contributed by atoms with E-state index in [1.165, 1.54) is 85.1 Å². The molecule has 16 rings (SSSR count). The van der Waals surface area contributed by atoms with E-state index in [1.54, 1.807) is 0 Å². The Morgan fingerprint density at radius 2 is 0.990 bits per heavy atom. The summed E-state index contributed by atoms with van der Waals surface area (Å²) in [6.45, 7) is 31.5. The van der Waals surface area contributed by atoms with Gasteiger partial charge >= 0.3 is 0 Å². The minimum Gasteiger partial charge on any atom is -0.355 e. The molecule has 9 aromatic heterocycles. The molecule has 96 heavy (non-hydrogen) atoms. The van der Waals surface area contributed by atoms with Crippen molar-refractivity contribution in [2.75, 3.05) is 127 Å². The van der Waals surface area contributed by atoms with Crippen molar-refractivity contribution in [1.82, 2.24) is 72.5 Å². The lowest BCUT2D eigenvalue weighted by Crippen LogP contribution is -2.49. The van der Waals surface area contributed by atoms with Crippen LogP contribution in [0.2, 0.25) is 0 Å². The fourth-order valence-electron chi connectivity index (χ4n) is 17.3. The summed E-state index contributed by atoms with van der Waals surface area (Å²) < 4.78 is 7.13. The molecule has 6 aliphatic heterocycles. The molecule has 0 saturated carbocycles. The van der Waals surface area contributed by atoms with E-state index in [1.807, 2.05) is 12.4 Å². The Morgan fingerprint density at radius 1 is 0.427 bits per heavy atom. The minimum atomic E-state index is 0.158. The predicted molar refractivity (Wildman–Crippen MR) is 387 cm³/mol. The zero-order valence-electron chi connectivity index (χ0n) is 58.0. The molecule has 6 fully saturated rings. The SMILES string of the molecule is CC(C)c1cccnc1C1CCCN1Cc1cn2c(N3CCN(C)CC3)c(-c3ccnc(C4CCCN4Cc4cn5c(N6CCN(C(C)C)CC6)cc(-c6ccc7c(C8CCCN8Cc8cn9c(N%10CCN(C)CC%10)cccc9n8)nccc7c6)cc5n4)c3C(C)C)ccc2n1. The minimum absolute atomic E-state index is 0.158. The van der Waals surface area contributed by atoms with Crippen LogP contribution < -0.4 is 14.7 Å². The average molecular weight is 1290 g/mol. The molecule has 1 aromatic carbocycles. The van der Waals surface area contributed by atoms with Crippen LogP contribution in [0.5, 0.6) is 0 Å². The van der Waals surface area contributed by atoms with Crippen LogP contribution in [0.3, 0.4) is 0 Å². The van der Waals surface area contributed by atoms with Gasteiger partial charge in [0.2, 0.25) is 0 Å². The molecule has 3 atom stereocenters. The number of imidazole rings is 3. The smallest absolute Gasteiger partial charge is 0.139 e. The van der Waals surface area contributed by atoms with Crippen LogP contribution in [-0.4, -0.2) is 191 Å². The Kier molecular flexibility index (Phi) is 17.4. The number of benzene rings is 1. The van der Waals surface area contributed by atoms with Crippen LogP contribution >= 0.6 is 0 Å². The quantitative estimate of drug-likeness (QED) is 0.0859. The molecule has 0 amide bonds. The third-order valence-corrected chi connectivity index (χ3v) is 22.4. The normalized spacial score (nSPS) is 21.1. The van der Waals surface area contributed by atoms with Gasteiger partial charge in [-0.1, -0.05) is 52.0 Å². The zero-order valence-corrected chi connectivity index (χ0v) is 58.0. The summed E-state index contributed by atoms with van der Waals surface area (Å²) >= 11 is 0. The van der Waals surface area contributed by atoms with Gasteiger partial charge < -0.3 is 24.5 Å². The topological polar surface area (TPSA) is 120 Å². The number of pyridine rings is 6. The van der Waals surface area contributed by atoms with Gasteiger partial charge in [0.25, 0.3) is 0 Å². The Hall–Kier alpha value is -7.84. The van der Waals surface area contributed by atoms with Crippen molar-refractivity contribution in [3.63, 3.8) is 0 Å². The molecule has 3 unspecified atom stereocenters. The number of likely N-dealkylation sites (N-methyl/N-ethyl adjacent to an activating group) is 2. The Balaban J connectivity index is 0.693. The molecule has 10 aromatic rings. The molecular formula is C78H98N18. The summed E-state index contributed by atoms with van der Waals surface area (Å²) in [5, 5.41) is 2.45. The molecule has 500 valence electrons. The second kappa shape index (κ2) is 26.5. The highest BCUT2D eigenvalue weighted by Crippen LogP contribution is 2.45. The lowest BCUT2D eigenvalue weighted by atomic mass is 9.88. The maximum Gasteiger partial charge on any atom is 0.139 e. The number of anilines is 3. The summed E-state index contributed by atoms with van der Waals surface area (Å²) in [7, 11) is 4.47. The van der Waals surface area contributed by atoms with Crippen molar-refractivity contribution in [3.05, 3.63) is 167 Å². The molecule has 0 aliphatic carbocycles. The number of hydrogen-bond donors (Lipinski definition) is 0. The highest BCUT2D eigenvalue weighted by atomic mass is 15.3. The summed E-state index contributed by atoms with van der Waals surface area (Å²) in [6, 6.07) is 33.1. The molecule has 0 N–H and O–H groups in total. The first-order valence-corrected chi connectivity index (χ1v) is 36.2. The lowest BCUT2D eigenvalue weighted by molar-refractivity contribution is 0.209. The van der Waals surface area contributed by atoms with E-state index in [9.17, 15) is 0 Å². The van der Waals surface area contributed by atoms with Crippen molar-refractivity contribution in [2.24, 2.45) is 0 Å². The van der Waals surface area contributed by atoms with Crippen LogP contribution in [0.15, 0.2) is 122 Å². The van der Waals surface area contributed by atoms with Crippen LogP contribution in [0.25, 0.3) is 50.0 Å². The Morgan fingerprint density at radius 3 is 1.65 bits per heavy atom. The monoisotopic (exact) mass is 1290 g/mol. The van der Waals surface area contributed by atoms with Crippen LogP contribution in [0.4, 0.5) is 17.5 Å². The molecule has 0 spiro atoms. The molecule has 6 aliphatic rings. The van der Waals surface area contributed by atoms with Crippen LogP contribution in [0, 0.1) is 0 Å². The molecule has 18 heteroatoms. The second-order valence-electron chi connectivity index (χ2n) is 29.6. The van der Waals surface area contributed by atoms with E-state index < -0.39 is 0 Å². The molecule has 6 saturated heterocycles. The number of likely N-dealkylation sites (tertiary alicyclic amines) is 3. The molecule has 15 heterocycles. The summed E-state index contributed by atoms with van der Waals surface area (Å²) in [4.78, 5) is 55.0. The van der Waals surface area contributed by atoms with Crippen LogP contribution in [-0.2, 0) is 19.6 Å². The van der Waals surface area contributed by atoms with Gasteiger partial charge in [-0.25, -0.2) is 15.0 Å². The Labute approximate surface area is 567 Å². The van der Waals surface area contributed by atoms with Crippen molar-refractivity contribution < 1.29 is 0 Å². The highest BCUT2D eigenvalue weighted by molar-refractivity contribution is 5.90. The Bertz CT molecular complexity index is 4420.